The summed E-state index contributed by atoms with van der Waals surface area (Å²) in [6.45, 7) is 1.35. The third-order valence-electron chi connectivity index (χ3n) is 7.47. The molecule has 5 rings (SSSR count). The summed E-state index contributed by atoms with van der Waals surface area (Å²) < 4.78 is 0. The third kappa shape index (κ3) is 5.74. The fourth-order valence-electron chi connectivity index (χ4n) is 4.80. The van der Waals surface area contributed by atoms with Crippen LogP contribution in [0.25, 0.3) is 0 Å². The molecule has 4 heterocycles. The van der Waals surface area contributed by atoms with Crippen LogP contribution in [-0.4, -0.2) is 129 Å². The first kappa shape index (κ1) is 33.7. The molecule has 3 aliphatic rings. The number of urea groups is 1. The number of β-lactam (4-membered cyclic amide) rings is 1. The molecule has 0 aliphatic carbocycles. The summed E-state index contributed by atoms with van der Waals surface area (Å²) in [6.07, 6.45) is 0. The van der Waals surface area contributed by atoms with Crippen LogP contribution in [-0.2, 0) is 28.8 Å². The van der Waals surface area contributed by atoms with Gasteiger partial charge < -0.3 is 41.2 Å². The molecular weight excluding hydrogens is 680 g/mol. The first-order valence-electron chi connectivity index (χ1n) is 13.7. The van der Waals surface area contributed by atoms with Crippen molar-refractivity contribution < 1.29 is 58.8 Å². The number of hydrogen-bond acceptors (Lipinski definition) is 15. The van der Waals surface area contributed by atoms with Crippen LogP contribution in [0.15, 0.2) is 28.7 Å². The number of carboxylic acid groups (broad SMARTS) is 2. The number of aromatic nitrogens is 1. The van der Waals surface area contributed by atoms with Gasteiger partial charge in [0.15, 0.2) is 22.3 Å². The molecule has 48 heavy (non-hydrogen) atoms. The number of nitrogens with two attached hydrogens (primary N) is 1. The predicted octanol–water partition coefficient (Wildman–Crippen LogP) is -1.45. The first-order valence-corrected chi connectivity index (χ1v) is 15.4. The summed E-state index contributed by atoms with van der Waals surface area (Å²) in [4.78, 5) is 98.1. The number of carbonyl (C=O) groups is 7. The highest BCUT2D eigenvalue weighted by molar-refractivity contribution is 8.02. The van der Waals surface area contributed by atoms with E-state index in [-0.39, 0.29) is 23.9 Å². The molecule has 0 saturated carbocycles. The monoisotopic (exact) mass is 706 g/mol. The maximum Gasteiger partial charge on any atom is 0.350 e. The number of phenols is 2. The number of thiazole rings is 1. The van der Waals surface area contributed by atoms with Crippen LogP contribution < -0.4 is 16.5 Å². The SMILES string of the molecule is CC(C)(O/N=C(\C(=O)N[C@@H]1C(=O)N2C[C@@](C(=O)O)(N3CCN(NC(=O)C(=O)c4cccc(O)c4O)C3=O)S[C@H]12)c1csc(N)n1)C(=O)O. The number of nitrogen functional groups attached to an aromatic ring is 1. The number of para-hydroxylation sites is 1. The molecule has 0 unspecified atom stereocenters. The summed E-state index contributed by atoms with van der Waals surface area (Å²) in [7, 11) is 0. The Kier molecular flexibility index (Phi) is 8.56. The van der Waals surface area contributed by atoms with Crippen molar-refractivity contribution >= 4 is 75.4 Å². The Morgan fingerprint density at radius 1 is 1.12 bits per heavy atom. The fraction of sp³-hybridized carbons (Fsp3) is 0.346. The number of phenolic OH excluding ortho intramolecular Hbond substituents is 2. The Morgan fingerprint density at radius 2 is 1.83 bits per heavy atom. The van der Waals surface area contributed by atoms with Crippen molar-refractivity contribution in [3.05, 3.63) is 34.8 Å². The molecule has 0 radical (unpaired) electrons. The zero-order chi connectivity index (χ0) is 35.3. The Morgan fingerprint density at radius 3 is 2.46 bits per heavy atom. The lowest BCUT2D eigenvalue weighted by Gasteiger charge is -2.41. The van der Waals surface area contributed by atoms with Gasteiger partial charge in [0.1, 0.15) is 17.1 Å². The minimum Gasteiger partial charge on any atom is -0.504 e. The zero-order valence-corrected chi connectivity index (χ0v) is 26.4. The van der Waals surface area contributed by atoms with Gasteiger partial charge in [-0.15, -0.1) is 11.3 Å². The number of amides is 5. The molecule has 3 atom stereocenters. The molecule has 3 saturated heterocycles. The number of nitrogens with one attached hydrogen (secondary N) is 2. The summed E-state index contributed by atoms with van der Waals surface area (Å²) in [6, 6.07) is 1.05. The molecule has 2 aromatic rings. The van der Waals surface area contributed by atoms with E-state index in [1.165, 1.54) is 25.3 Å². The third-order valence-corrected chi connectivity index (χ3v) is 9.83. The number of thioether (sulfide) groups is 1. The molecule has 3 fully saturated rings. The lowest BCUT2D eigenvalue weighted by molar-refractivity contribution is -0.161. The quantitative estimate of drug-likeness (QED) is 0.0351. The highest BCUT2D eigenvalue weighted by Gasteiger charge is 2.66. The highest BCUT2D eigenvalue weighted by Crippen LogP contribution is 2.49. The Balaban J connectivity index is 1.30. The lowest BCUT2D eigenvalue weighted by atomic mass is 10.1. The summed E-state index contributed by atoms with van der Waals surface area (Å²) >= 11 is 1.63. The summed E-state index contributed by atoms with van der Waals surface area (Å²) in [5, 5.41) is 46.4. The number of ketones is 1. The maximum atomic E-state index is 13.3. The van der Waals surface area contributed by atoms with Gasteiger partial charge in [0.05, 0.1) is 18.7 Å². The molecule has 5 amide bonds. The zero-order valence-electron chi connectivity index (χ0n) is 24.8. The van der Waals surface area contributed by atoms with Crippen molar-refractivity contribution in [2.45, 2.75) is 35.7 Å². The van der Waals surface area contributed by atoms with Crippen molar-refractivity contribution in [2.75, 3.05) is 25.4 Å². The maximum absolute atomic E-state index is 13.3. The Bertz CT molecular complexity index is 1800. The number of aromatic hydroxyl groups is 2. The molecule has 254 valence electrons. The molecule has 0 bridgehead atoms. The molecule has 1 aromatic carbocycles. The molecule has 20 nitrogen and oxygen atoms in total. The van der Waals surface area contributed by atoms with Crippen LogP contribution in [0.4, 0.5) is 9.93 Å². The number of carbonyl (C=O) groups excluding carboxylic acids is 5. The van der Waals surface area contributed by atoms with Crippen molar-refractivity contribution in [1.82, 2.24) is 30.5 Å². The standard InChI is InChI=1S/C26H26N8O12S2/c1-25(2,21(41)42)46-31-13(11-8-47-23(27)28-11)17(38)29-14-19(40)32-9-26(22(43)44,48-20(14)32)33-6-7-34(24(33)45)30-18(39)16(37)10-4-3-5-12(35)15(10)36/h3-5,8,14,20,35-36H,6-7,9H2,1-2H3,(H2,27,28)(H,29,38)(H,30,39)(H,41,42)(H,43,44)/b31-13-/t14-,20-,26-/m1/s1. The van der Waals surface area contributed by atoms with Crippen molar-refractivity contribution in [3.63, 3.8) is 0 Å². The average Bonchev–Trinajstić information content (AvgIpc) is 3.73. The second-order valence-electron chi connectivity index (χ2n) is 11.0. The lowest BCUT2D eigenvalue weighted by Crippen LogP contribution is -2.68. The predicted molar refractivity (Wildman–Crippen MR) is 162 cm³/mol. The van der Waals surface area contributed by atoms with E-state index in [4.69, 9.17) is 10.6 Å². The molecule has 1 aromatic heterocycles. The molecule has 22 heteroatoms. The van der Waals surface area contributed by atoms with Crippen molar-refractivity contribution in [2.24, 2.45) is 5.16 Å². The number of hydrogen-bond donors (Lipinski definition) is 7. The van der Waals surface area contributed by atoms with E-state index in [9.17, 15) is 54.0 Å². The van der Waals surface area contributed by atoms with E-state index in [1.54, 1.807) is 0 Å². The van der Waals surface area contributed by atoms with Gasteiger partial charge >= 0.3 is 23.9 Å². The van der Waals surface area contributed by atoms with E-state index in [0.717, 1.165) is 33.3 Å². The smallest absolute Gasteiger partial charge is 0.350 e. The van der Waals surface area contributed by atoms with Crippen LogP contribution in [0, 0.1) is 0 Å². The van der Waals surface area contributed by atoms with E-state index in [0.29, 0.717) is 16.8 Å². The van der Waals surface area contributed by atoms with Gasteiger partial charge in [-0.25, -0.2) is 24.4 Å². The molecule has 0 spiro atoms. The minimum atomic E-state index is -2.07. The number of Topliss-reactive ketones (excluding diaryl/α,β-unsaturated/α-hetero) is 1. The van der Waals surface area contributed by atoms with E-state index >= 15 is 0 Å². The van der Waals surface area contributed by atoms with E-state index in [2.05, 4.69) is 20.9 Å². The number of benzene rings is 1. The normalized spacial score (nSPS) is 22.2. The first-order chi connectivity index (χ1) is 22.5. The molecule has 8 N–H and O–H groups in total. The summed E-state index contributed by atoms with van der Waals surface area (Å²) in [5.41, 5.74) is 4.75. The number of hydrazine groups is 1. The van der Waals surface area contributed by atoms with Gasteiger partial charge in [0.25, 0.3) is 11.7 Å². The van der Waals surface area contributed by atoms with Crippen LogP contribution in [0.5, 0.6) is 11.5 Å². The van der Waals surface area contributed by atoms with Crippen LogP contribution in [0.1, 0.15) is 29.9 Å². The van der Waals surface area contributed by atoms with Crippen molar-refractivity contribution in [1.29, 1.82) is 0 Å². The van der Waals surface area contributed by atoms with Gasteiger partial charge in [0, 0.05) is 11.9 Å². The van der Waals surface area contributed by atoms with Gasteiger partial charge in [-0.3, -0.25) is 29.5 Å². The number of carboxylic acids is 2. The highest BCUT2D eigenvalue weighted by atomic mass is 32.2. The second kappa shape index (κ2) is 12.2. The fourth-order valence-corrected chi connectivity index (χ4v) is 6.99. The van der Waals surface area contributed by atoms with Crippen LogP contribution >= 0.6 is 23.1 Å². The van der Waals surface area contributed by atoms with Crippen LogP contribution in [0.3, 0.4) is 0 Å². The number of aliphatic carboxylic acids is 2. The van der Waals surface area contributed by atoms with Gasteiger partial charge in [-0.1, -0.05) is 23.0 Å². The van der Waals surface area contributed by atoms with Gasteiger partial charge in [-0.2, -0.15) is 0 Å². The molecule has 3 aliphatic heterocycles. The largest absolute Gasteiger partial charge is 0.504 e. The number of anilines is 1. The van der Waals surface area contributed by atoms with Gasteiger partial charge in [-0.05, 0) is 26.0 Å². The number of fused-ring (bicyclic) bond motifs is 1. The van der Waals surface area contributed by atoms with Crippen molar-refractivity contribution in [3.8, 4) is 11.5 Å². The van der Waals surface area contributed by atoms with Gasteiger partial charge in [0.2, 0.25) is 16.4 Å². The van der Waals surface area contributed by atoms with Crippen LogP contribution in [0.2, 0.25) is 0 Å². The van der Waals surface area contributed by atoms with E-state index in [1.807, 2.05) is 0 Å². The topological polar surface area (TPSA) is 295 Å². The Hall–Kier alpha value is -5.64. The number of oxime groups is 1. The molecular formula is C26H26N8O12S2. The Labute approximate surface area is 277 Å². The minimum absolute atomic E-state index is 0.0499. The number of nitrogens with zero attached hydrogens (tertiary/aromatic N) is 5. The van der Waals surface area contributed by atoms with E-state index < -0.39 is 92.7 Å². The summed E-state index contributed by atoms with van der Waals surface area (Å²) in [5.74, 6) is -8.75. The second-order valence-corrected chi connectivity index (χ2v) is 13.2. The average molecular weight is 707 g/mol. The number of rotatable bonds is 11.